The van der Waals surface area contributed by atoms with Crippen LogP contribution in [0.5, 0.6) is 5.75 Å². The molecule has 1 saturated heterocycles. The molecule has 2 atom stereocenters. The normalized spacial score (nSPS) is 23.4. The number of carbonyl (C=O) groups is 1. The fraction of sp³-hybridized carbons (Fsp3) is 0.455. The van der Waals surface area contributed by atoms with Crippen LogP contribution in [0.1, 0.15) is 10.5 Å². The second kappa shape index (κ2) is 5.09. The molecule has 1 aromatic rings. The summed E-state index contributed by atoms with van der Waals surface area (Å²) < 4.78 is 18.7. The van der Waals surface area contributed by atoms with Crippen molar-refractivity contribution < 1.29 is 13.9 Å². The summed E-state index contributed by atoms with van der Waals surface area (Å²) in [5, 5.41) is 5.37. The van der Waals surface area contributed by atoms with Crippen molar-refractivity contribution in [1.29, 1.82) is 0 Å². The Morgan fingerprint density at radius 1 is 1.59 bits per heavy atom. The molecule has 1 aromatic heterocycles. The summed E-state index contributed by atoms with van der Waals surface area (Å²) in [5.41, 5.74) is 0.307. The molecule has 17 heavy (non-hydrogen) atoms. The minimum absolute atomic E-state index is 0.262. The minimum atomic E-state index is -1.01. The topological polar surface area (TPSA) is 63.2 Å². The highest BCUT2D eigenvalue weighted by Crippen LogP contribution is 2.16. The molecule has 0 aliphatic carbocycles. The van der Waals surface area contributed by atoms with Gasteiger partial charge in [0, 0.05) is 20.1 Å². The summed E-state index contributed by atoms with van der Waals surface area (Å²) in [4.78, 5) is 15.2. The number of hydrogen-bond acceptors (Lipinski definition) is 4. The van der Waals surface area contributed by atoms with Crippen LogP contribution < -0.4 is 15.4 Å². The molecule has 0 radical (unpaired) electrons. The van der Waals surface area contributed by atoms with E-state index >= 15 is 0 Å². The van der Waals surface area contributed by atoms with Crippen molar-refractivity contribution in [3.8, 4) is 5.75 Å². The molecular weight excluding hydrogens is 225 g/mol. The Morgan fingerprint density at radius 3 is 2.94 bits per heavy atom. The van der Waals surface area contributed by atoms with Gasteiger partial charge >= 0.3 is 0 Å². The standard InChI is InChI=1S/C11H14FN3O2/c1-13-11(16)9-3-2-7(4-15-9)17-10-6-14-5-8(10)12/h2-4,8,10,14H,5-6H2,1H3,(H,13,16)/t8-,10+/m1/s1. The Hall–Kier alpha value is -1.69. The van der Waals surface area contributed by atoms with Gasteiger partial charge in [0.1, 0.15) is 17.5 Å². The molecule has 0 bridgehead atoms. The maximum atomic E-state index is 13.3. The van der Waals surface area contributed by atoms with E-state index in [1.54, 1.807) is 12.1 Å². The number of pyridine rings is 1. The molecule has 2 heterocycles. The van der Waals surface area contributed by atoms with E-state index in [0.717, 1.165) is 0 Å². The third-order valence-corrected chi connectivity index (χ3v) is 2.57. The van der Waals surface area contributed by atoms with Crippen LogP contribution in [0.4, 0.5) is 4.39 Å². The Bertz CT molecular complexity index is 396. The van der Waals surface area contributed by atoms with E-state index in [-0.39, 0.29) is 5.91 Å². The molecule has 1 amide bonds. The molecule has 2 N–H and O–H groups in total. The van der Waals surface area contributed by atoms with Gasteiger partial charge in [0.15, 0.2) is 6.17 Å². The molecule has 2 rings (SSSR count). The molecule has 5 nitrogen and oxygen atoms in total. The smallest absolute Gasteiger partial charge is 0.269 e. The highest BCUT2D eigenvalue weighted by Gasteiger charge is 2.28. The number of rotatable bonds is 3. The zero-order chi connectivity index (χ0) is 12.3. The van der Waals surface area contributed by atoms with Gasteiger partial charge in [0.05, 0.1) is 6.20 Å². The van der Waals surface area contributed by atoms with E-state index < -0.39 is 12.3 Å². The third-order valence-electron chi connectivity index (χ3n) is 2.57. The van der Waals surface area contributed by atoms with Crippen LogP contribution in [0.15, 0.2) is 18.3 Å². The lowest BCUT2D eigenvalue weighted by molar-refractivity contribution is 0.0957. The van der Waals surface area contributed by atoms with Crippen LogP contribution in [0.25, 0.3) is 0 Å². The Morgan fingerprint density at radius 2 is 2.41 bits per heavy atom. The lowest BCUT2D eigenvalue weighted by Crippen LogP contribution is -2.27. The number of nitrogens with zero attached hydrogens (tertiary/aromatic N) is 1. The van der Waals surface area contributed by atoms with Gasteiger partial charge in [-0.05, 0) is 12.1 Å². The zero-order valence-electron chi connectivity index (χ0n) is 9.44. The third kappa shape index (κ3) is 2.71. The molecular formula is C11H14FN3O2. The van der Waals surface area contributed by atoms with E-state index in [4.69, 9.17) is 4.74 Å². The molecule has 0 unspecified atom stereocenters. The highest BCUT2D eigenvalue weighted by molar-refractivity contribution is 5.91. The Kier molecular flexibility index (Phi) is 3.53. The summed E-state index contributed by atoms with van der Waals surface area (Å²) >= 11 is 0. The summed E-state index contributed by atoms with van der Waals surface area (Å²) in [6.07, 6.45) is -0.0634. The molecule has 0 aromatic carbocycles. The van der Waals surface area contributed by atoms with Crippen molar-refractivity contribution in [2.45, 2.75) is 12.3 Å². The predicted octanol–water partition coefficient (Wildman–Crippen LogP) is 0.130. The summed E-state index contributed by atoms with van der Waals surface area (Å²) in [5.74, 6) is 0.205. The van der Waals surface area contributed by atoms with Crippen molar-refractivity contribution in [2.75, 3.05) is 20.1 Å². The molecule has 6 heteroatoms. The number of amides is 1. The second-order valence-corrected chi connectivity index (χ2v) is 3.79. The summed E-state index contributed by atoms with van der Waals surface area (Å²) in [7, 11) is 1.53. The first-order chi connectivity index (χ1) is 8.20. The molecule has 0 spiro atoms. The van der Waals surface area contributed by atoms with Crippen molar-refractivity contribution in [2.24, 2.45) is 0 Å². The van der Waals surface area contributed by atoms with Crippen LogP contribution in [0.3, 0.4) is 0 Å². The van der Waals surface area contributed by atoms with Crippen molar-refractivity contribution >= 4 is 5.91 Å². The average Bonchev–Trinajstić information content (AvgIpc) is 2.75. The van der Waals surface area contributed by atoms with Crippen LogP contribution in [-0.4, -0.2) is 43.3 Å². The van der Waals surface area contributed by atoms with Crippen LogP contribution in [0.2, 0.25) is 0 Å². The number of hydrogen-bond donors (Lipinski definition) is 2. The van der Waals surface area contributed by atoms with Gasteiger partial charge in [-0.15, -0.1) is 0 Å². The summed E-state index contributed by atoms with van der Waals surface area (Å²) in [6.45, 7) is 0.798. The highest BCUT2D eigenvalue weighted by atomic mass is 19.1. The Labute approximate surface area is 98.4 Å². The van der Waals surface area contributed by atoms with E-state index in [9.17, 15) is 9.18 Å². The van der Waals surface area contributed by atoms with E-state index in [2.05, 4.69) is 15.6 Å². The number of alkyl halides is 1. The maximum absolute atomic E-state index is 13.3. The number of nitrogens with one attached hydrogen (secondary N) is 2. The Balaban J connectivity index is 2.00. The van der Waals surface area contributed by atoms with Gasteiger partial charge in [0.2, 0.25) is 0 Å². The first-order valence-corrected chi connectivity index (χ1v) is 5.40. The first kappa shape index (κ1) is 11.8. The monoisotopic (exact) mass is 239 g/mol. The lowest BCUT2D eigenvalue weighted by atomic mass is 10.3. The van der Waals surface area contributed by atoms with E-state index in [0.29, 0.717) is 24.5 Å². The van der Waals surface area contributed by atoms with E-state index in [1.165, 1.54) is 13.2 Å². The predicted molar refractivity (Wildman–Crippen MR) is 59.8 cm³/mol. The maximum Gasteiger partial charge on any atom is 0.269 e. The van der Waals surface area contributed by atoms with Gasteiger partial charge in [0.25, 0.3) is 5.91 Å². The molecule has 1 fully saturated rings. The number of halogens is 1. The second-order valence-electron chi connectivity index (χ2n) is 3.79. The fourth-order valence-corrected chi connectivity index (χ4v) is 1.63. The molecule has 0 saturated carbocycles. The van der Waals surface area contributed by atoms with Crippen LogP contribution in [-0.2, 0) is 0 Å². The van der Waals surface area contributed by atoms with Gasteiger partial charge in [-0.3, -0.25) is 4.79 Å². The fourth-order valence-electron chi connectivity index (χ4n) is 1.63. The minimum Gasteiger partial charge on any atom is -0.484 e. The molecule has 1 aliphatic heterocycles. The van der Waals surface area contributed by atoms with Gasteiger partial charge in [-0.1, -0.05) is 0 Å². The SMILES string of the molecule is CNC(=O)c1ccc(O[C@H]2CNC[C@H]2F)cn1. The van der Waals surface area contributed by atoms with Crippen molar-refractivity contribution in [1.82, 2.24) is 15.6 Å². The van der Waals surface area contributed by atoms with Crippen LogP contribution in [0, 0.1) is 0 Å². The largest absolute Gasteiger partial charge is 0.484 e. The van der Waals surface area contributed by atoms with Gasteiger partial charge in [-0.2, -0.15) is 0 Å². The lowest BCUT2D eigenvalue weighted by Gasteiger charge is -2.14. The first-order valence-electron chi connectivity index (χ1n) is 5.40. The van der Waals surface area contributed by atoms with Gasteiger partial charge < -0.3 is 15.4 Å². The number of ether oxygens (including phenoxy) is 1. The molecule has 1 aliphatic rings. The summed E-state index contributed by atoms with van der Waals surface area (Å²) in [6, 6.07) is 3.16. The van der Waals surface area contributed by atoms with Crippen LogP contribution >= 0.6 is 0 Å². The zero-order valence-corrected chi connectivity index (χ0v) is 9.44. The quantitative estimate of drug-likeness (QED) is 0.787. The number of aromatic nitrogens is 1. The number of carbonyl (C=O) groups excluding carboxylic acids is 1. The average molecular weight is 239 g/mol. The molecule has 92 valence electrons. The van der Waals surface area contributed by atoms with Crippen molar-refractivity contribution in [3.63, 3.8) is 0 Å². The van der Waals surface area contributed by atoms with E-state index in [1.807, 2.05) is 0 Å². The van der Waals surface area contributed by atoms with Crippen molar-refractivity contribution in [3.05, 3.63) is 24.0 Å². The van der Waals surface area contributed by atoms with Gasteiger partial charge in [-0.25, -0.2) is 9.37 Å².